The summed E-state index contributed by atoms with van der Waals surface area (Å²) < 4.78 is 0. The number of rotatable bonds is 3. The van der Waals surface area contributed by atoms with Crippen LogP contribution in [0.15, 0.2) is 22.9 Å². The topological polar surface area (TPSA) is 108 Å². The average Bonchev–Trinajstić information content (AvgIpc) is 2.90. The molecule has 1 saturated carbocycles. The predicted molar refractivity (Wildman–Crippen MR) is 99.0 cm³/mol. The Bertz CT molecular complexity index is 709. The maximum absolute atomic E-state index is 11.7. The van der Waals surface area contributed by atoms with E-state index in [0.29, 0.717) is 15.9 Å². The molecule has 130 valence electrons. The summed E-state index contributed by atoms with van der Waals surface area (Å²) in [5, 5.41) is 0.751. The largest absolute Gasteiger partial charge is 0.399 e. The van der Waals surface area contributed by atoms with E-state index in [1.54, 1.807) is 12.2 Å². The zero-order valence-electron chi connectivity index (χ0n) is 13.0. The van der Waals surface area contributed by atoms with E-state index in [0.717, 1.165) is 42.5 Å². The Morgan fingerprint density at radius 1 is 1.29 bits per heavy atom. The van der Waals surface area contributed by atoms with Gasteiger partial charge in [-0.15, -0.1) is 11.6 Å². The van der Waals surface area contributed by atoms with Crippen molar-refractivity contribution >= 4 is 46.0 Å². The van der Waals surface area contributed by atoms with Gasteiger partial charge in [0.25, 0.3) is 0 Å². The number of hydrogen-bond acceptors (Lipinski definition) is 6. The molecule has 6 N–H and O–H groups in total. The van der Waals surface area contributed by atoms with Gasteiger partial charge in [0.15, 0.2) is 5.13 Å². The second kappa shape index (κ2) is 6.67. The first kappa shape index (κ1) is 17.7. The number of hydrogen-bond donors (Lipinski definition) is 3. The van der Waals surface area contributed by atoms with Crippen molar-refractivity contribution in [1.29, 1.82) is 0 Å². The number of nitrogens with two attached hydrogens (primary N) is 3. The SMILES string of the molecule is NC1=CC(Cl)(c2sc(N)nc2C2CCC(N)CC2)C(C=O)C(Cl)=C1. The Balaban J connectivity index is 2.05. The molecule has 8 heteroatoms. The molecule has 2 aliphatic carbocycles. The summed E-state index contributed by atoms with van der Waals surface area (Å²) in [6.07, 6.45) is 7.72. The summed E-state index contributed by atoms with van der Waals surface area (Å²) in [5.74, 6) is -0.479. The van der Waals surface area contributed by atoms with E-state index in [-0.39, 0.29) is 12.0 Å². The molecular weight excluding hydrogens is 367 g/mol. The fourth-order valence-electron chi connectivity index (χ4n) is 3.49. The molecule has 0 bridgehead atoms. The molecule has 0 aliphatic heterocycles. The molecule has 5 nitrogen and oxygen atoms in total. The van der Waals surface area contributed by atoms with Crippen LogP contribution in [0.1, 0.15) is 42.2 Å². The highest BCUT2D eigenvalue weighted by Gasteiger charge is 2.45. The number of allylic oxidation sites excluding steroid dienone is 3. The van der Waals surface area contributed by atoms with E-state index >= 15 is 0 Å². The van der Waals surface area contributed by atoms with Gasteiger partial charge in [0.05, 0.1) is 16.5 Å². The van der Waals surface area contributed by atoms with Gasteiger partial charge in [0.2, 0.25) is 0 Å². The van der Waals surface area contributed by atoms with Crippen LogP contribution < -0.4 is 17.2 Å². The van der Waals surface area contributed by atoms with Crippen molar-refractivity contribution in [2.75, 3.05) is 5.73 Å². The van der Waals surface area contributed by atoms with Crippen molar-refractivity contribution in [2.45, 2.75) is 42.5 Å². The van der Waals surface area contributed by atoms with Gasteiger partial charge in [-0.3, -0.25) is 0 Å². The zero-order valence-corrected chi connectivity index (χ0v) is 15.4. The standard InChI is InChI=1S/C16H20Cl2N4OS/c17-12-5-10(20)6-16(18,11(12)7-23)14-13(22-15(21)24-14)8-1-3-9(19)4-2-8/h5-9,11H,1-4,19-20H2,(H2,21,22). The Morgan fingerprint density at radius 3 is 2.58 bits per heavy atom. The number of thiazole rings is 1. The number of carbonyl (C=O) groups is 1. The molecule has 1 aromatic heterocycles. The number of aromatic nitrogens is 1. The van der Waals surface area contributed by atoms with E-state index in [1.165, 1.54) is 11.3 Å². The van der Waals surface area contributed by atoms with Crippen LogP contribution in [0.3, 0.4) is 0 Å². The Hall–Kier alpha value is -1.08. The molecule has 0 aromatic carbocycles. The Kier molecular flexibility index (Phi) is 4.93. The second-order valence-corrected chi connectivity index (χ2v) is 8.53. The van der Waals surface area contributed by atoms with Crippen LogP contribution in [0.4, 0.5) is 5.13 Å². The third-order valence-electron chi connectivity index (χ3n) is 4.74. The second-order valence-electron chi connectivity index (χ2n) is 6.43. The molecule has 2 unspecified atom stereocenters. The lowest BCUT2D eigenvalue weighted by molar-refractivity contribution is -0.110. The number of halogens is 2. The highest BCUT2D eigenvalue weighted by molar-refractivity contribution is 7.16. The third-order valence-corrected chi connectivity index (χ3v) is 6.78. The van der Waals surface area contributed by atoms with Crippen LogP contribution in [-0.4, -0.2) is 17.3 Å². The predicted octanol–water partition coefficient (Wildman–Crippen LogP) is 2.94. The van der Waals surface area contributed by atoms with Crippen LogP contribution in [-0.2, 0) is 9.67 Å². The van der Waals surface area contributed by atoms with Gasteiger partial charge < -0.3 is 22.0 Å². The Morgan fingerprint density at radius 2 is 1.96 bits per heavy atom. The maximum atomic E-state index is 11.7. The van der Waals surface area contributed by atoms with Crippen molar-refractivity contribution in [3.8, 4) is 0 Å². The van der Waals surface area contributed by atoms with Crippen molar-refractivity contribution in [3.63, 3.8) is 0 Å². The van der Waals surface area contributed by atoms with Crippen molar-refractivity contribution in [1.82, 2.24) is 4.98 Å². The van der Waals surface area contributed by atoms with E-state index in [4.69, 9.17) is 40.4 Å². The molecular formula is C16H20Cl2N4OS. The monoisotopic (exact) mass is 386 g/mol. The summed E-state index contributed by atoms with van der Waals surface area (Å²) in [4.78, 5) is 15.8. The average molecular weight is 387 g/mol. The highest BCUT2D eigenvalue weighted by atomic mass is 35.5. The quantitative estimate of drug-likeness (QED) is 0.546. The van der Waals surface area contributed by atoms with Gasteiger partial charge in [0, 0.05) is 22.7 Å². The van der Waals surface area contributed by atoms with E-state index in [2.05, 4.69) is 4.98 Å². The number of carbonyl (C=O) groups excluding carboxylic acids is 1. The van der Waals surface area contributed by atoms with Gasteiger partial charge in [-0.25, -0.2) is 4.98 Å². The first-order valence-electron chi connectivity index (χ1n) is 7.87. The van der Waals surface area contributed by atoms with E-state index in [9.17, 15) is 4.79 Å². The van der Waals surface area contributed by atoms with Crippen LogP contribution in [0.2, 0.25) is 0 Å². The molecule has 3 rings (SSSR count). The number of alkyl halides is 1. The van der Waals surface area contributed by atoms with Crippen molar-refractivity contribution in [3.05, 3.63) is 33.5 Å². The molecule has 0 spiro atoms. The third kappa shape index (κ3) is 3.08. The first-order valence-corrected chi connectivity index (χ1v) is 9.44. The van der Waals surface area contributed by atoms with Crippen LogP contribution in [0, 0.1) is 5.92 Å². The molecule has 0 radical (unpaired) electrons. The van der Waals surface area contributed by atoms with Crippen molar-refractivity contribution in [2.24, 2.45) is 17.4 Å². The molecule has 2 atom stereocenters. The minimum absolute atomic E-state index is 0.232. The van der Waals surface area contributed by atoms with Crippen LogP contribution in [0.5, 0.6) is 0 Å². The van der Waals surface area contributed by atoms with E-state index in [1.807, 2.05) is 0 Å². The summed E-state index contributed by atoms with van der Waals surface area (Å²) in [7, 11) is 0. The summed E-state index contributed by atoms with van der Waals surface area (Å²) in [6, 6.07) is 0.232. The molecule has 1 aromatic rings. The molecule has 1 heterocycles. The van der Waals surface area contributed by atoms with Gasteiger partial charge in [-0.1, -0.05) is 22.9 Å². The van der Waals surface area contributed by atoms with Gasteiger partial charge >= 0.3 is 0 Å². The minimum Gasteiger partial charge on any atom is -0.399 e. The molecule has 0 amide bonds. The fraction of sp³-hybridized carbons (Fsp3) is 0.500. The lowest BCUT2D eigenvalue weighted by atomic mass is 9.79. The Labute approximate surface area is 154 Å². The summed E-state index contributed by atoms with van der Waals surface area (Å²) in [5.41, 5.74) is 19.2. The lowest BCUT2D eigenvalue weighted by Gasteiger charge is -2.34. The van der Waals surface area contributed by atoms with Crippen LogP contribution in [0.25, 0.3) is 0 Å². The minimum atomic E-state index is -1.15. The van der Waals surface area contributed by atoms with Gasteiger partial charge in [-0.2, -0.15) is 0 Å². The molecule has 0 saturated heterocycles. The number of aldehydes is 1. The van der Waals surface area contributed by atoms with Gasteiger partial charge in [-0.05, 0) is 37.8 Å². The molecule has 24 heavy (non-hydrogen) atoms. The maximum Gasteiger partial charge on any atom is 0.180 e. The summed E-state index contributed by atoms with van der Waals surface area (Å²) >= 11 is 14.4. The van der Waals surface area contributed by atoms with Gasteiger partial charge in [0.1, 0.15) is 11.2 Å². The smallest absolute Gasteiger partial charge is 0.180 e. The summed E-state index contributed by atoms with van der Waals surface area (Å²) in [6.45, 7) is 0. The highest BCUT2D eigenvalue weighted by Crippen LogP contribution is 2.51. The first-order chi connectivity index (χ1) is 11.3. The normalized spacial score (nSPS) is 33.7. The van der Waals surface area contributed by atoms with Crippen molar-refractivity contribution < 1.29 is 4.79 Å². The number of anilines is 1. The molecule has 2 aliphatic rings. The number of nitrogens with zero attached hydrogens (tertiary/aromatic N) is 1. The van der Waals surface area contributed by atoms with E-state index < -0.39 is 10.8 Å². The zero-order chi connectivity index (χ0) is 17.5. The van der Waals surface area contributed by atoms with Crippen LogP contribution >= 0.6 is 34.5 Å². The lowest BCUT2D eigenvalue weighted by Crippen LogP contribution is -2.34. The molecule has 1 fully saturated rings. The fourth-order valence-corrected chi connectivity index (χ4v) is 5.41. The number of nitrogen functional groups attached to an aromatic ring is 1.